The minimum Gasteiger partial charge on any atom is -0.484 e. The summed E-state index contributed by atoms with van der Waals surface area (Å²) in [5, 5.41) is 12.5. The molecule has 0 spiro atoms. The van der Waals surface area contributed by atoms with Crippen LogP contribution in [0, 0.1) is 13.8 Å². The van der Waals surface area contributed by atoms with Crippen LogP contribution >= 0.6 is 11.8 Å². The van der Waals surface area contributed by atoms with E-state index in [1.165, 1.54) is 11.8 Å². The van der Waals surface area contributed by atoms with Crippen molar-refractivity contribution in [3.8, 4) is 5.75 Å². The Morgan fingerprint density at radius 1 is 1.15 bits per heavy atom. The van der Waals surface area contributed by atoms with E-state index in [2.05, 4.69) is 20.3 Å². The molecule has 2 heterocycles. The van der Waals surface area contributed by atoms with Crippen molar-refractivity contribution in [1.29, 1.82) is 0 Å². The molecule has 26 heavy (non-hydrogen) atoms. The molecule has 0 saturated heterocycles. The van der Waals surface area contributed by atoms with Crippen LogP contribution in [-0.4, -0.2) is 20.3 Å². The molecular weight excluding hydrogens is 352 g/mol. The van der Waals surface area contributed by atoms with Crippen molar-refractivity contribution in [2.24, 2.45) is 0 Å². The van der Waals surface area contributed by atoms with Crippen LogP contribution in [0.1, 0.15) is 49.5 Å². The Morgan fingerprint density at radius 2 is 1.96 bits per heavy atom. The minimum atomic E-state index is -0.168. The van der Waals surface area contributed by atoms with E-state index in [1.807, 2.05) is 52.8 Å². The Labute approximate surface area is 156 Å². The van der Waals surface area contributed by atoms with Crippen molar-refractivity contribution in [3.05, 3.63) is 46.9 Å². The lowest BCUT2D eigenvalue weighted by atomic mass is 9.97. The van der Waals surface area contributed by atoms with E-state index in [4.69, 9.17) is 13.7 Å². The Kier molecular flexibility index (Phi) is 5.31. The van der Waals surface area contributed by atoms with Crippen molar-refractivity contribution in [2.75, 3.05) is 0 Å². The monoisotopic (exact) mass is 374 g/mol. The summed E-state index contributed by atoms with van der Waals surface area (Å²) in [5.74, 6) is 2.96. The number of aryl methyl sites for hydroxylation is 2. The first-order valence-corrected chi connectivity index (χ1v) is 9.28. The maximum absolute atomic E-state index is 5.78. The smallest absolute Gasteiger partial charge is 0.277 e. The molecule has 7 nitrogen and oxygen atoms in total. The van der Waals surface area contributed by atoms with Gasteiger partial charge >= 0.3 is 0 Å². The Morgan fingerprint density at radius 3 is 2.69 bits per heavy atom. The first kappa shape index (κ1) is 18.4. The van der Waals surface area contributed by atoms with Crippen LogP contribution in [0.2, 0.25) is 0 Å². The first-order valence-electron chi connectivity index (χ1n) is 8.29. The van der Waals surface area contributed by atoms with Gasteiger partial charge in [0.25, 0.3) is 11.1 Å². The summed E-state index contributed by atoms with van der Waals surface area (Å²) in [4.78, 5) is 4.38. The zero-order valence-corrected chi connectivity index (χ0v) is 16.4. The third-order valence-corrected chi connectivity index (χ3v) is 4.39. The summed E-state index contributed by atoms with van der Waals surface area (Å²) in [7, 11) is 0. The molecule has 0 saturated carbocycles. The lowest BCUT2D eigenvalue weighted by molar-refractivity contribution is 0.250. The Bertz CT molecular complexity index is 883. The number of rotatable bonds is 6. The zero-order chi connectivity index (χ0) is 18.7. The quantitative estimate of drug-likeness (QED) is 0.592. The van der Waals surface area contributed by atoms with Gasteiger partial charge in [0.1, 0.15) is 5.75 Å². The molecule has 2 aromatic heterocycles. The molecular formula is C18H22N4O3S. The van der Waals surface area contributed by atoms with Gasteiger partial charge in [-0.25, -0.2) is 0 Å². The summed E-state index contributed by atoms with van der Waals surface area (Å²) in [6.07, 6.45) is 0. The molecule has 8 heteroatoms. The van der Waals surface area contributed by atoms with E-state index in [1.54, 1.807) is 0 Å². The Hall–Kier alpha value is -2.35. The number of hydrogen-bond acceptors (Lipinski definition) is 8. The van der Waals surface area contributed by atoms with E-state index in [-0.39, 0.29) is 12.0 Å². The second-order valence-corrected chi connectivity index (χ2v) is 8.00. The first-order chi connectivity index (χ1) is 12.3. The topological polar surface area (TPSA) is 87.1 Å². The van der Waals surface area contributed by atoms with Gasteiger partial charge in [0.2, 0.25) is 5.89 Å². The molecule has 0 fully saturated rings. The van der Waals surface area contributed by atoms with Gasteiger partial charge in [0.15, 0.2) is 12.4 Å². The zero-order valence-electron chi connectivity index (χ0n) is 15.6. The van der Waals surface area contributed by atoms with E-state index in [9.17, 15) is 0 Å². The average molecular weight is 374 g/mol. The van der Waals surface area contributed by atoms with Crippen molar-refractivity contribution in [2.45, 2.75) is 57.6 Å². The van der Waals surface area contributed by atoms with Gasteiger partial charge in [0, 0.05) is 5.41 Å². The van der Waals surface area contributed by atoms with Gasteiger partial charge in [0.05, 0.1) is 5.75 Å². The standard InChI is InChI=1S/C18H22N4O3S/c1-11-6-7-12(2)13(8-11)23-9-15-20-21-17(24-15)26-10-14-19-16(25-22-14)18(3,4)5/h6-8H,9-10H2,1-5H3. The number of benzene rings is 1. The number of hydrogen-bond donors (Lipinski definition) is 0. The molecule has 0 N–H and O–H groups in total. The predicted molar refractivity (Wildman–Crippen MR) is 97.1 cm³/mol. The van der Waals surface area contributed by atoms with Crippen molar-refractivity contribution in [3.63, 3.8) is 0 Å². The van der Waals surface area contributed by atoms with Gasteiger partial charge in [-0.15, -0.1) is 10.2 Å². The molecule has 0 atom stereocenters. The third kappa shape index (κ3) is 4.63. The maximum Gasteiger partial charge on any atom is 0.277 e. The van der Waals surface area contributed by atoms with Gasteiger partial charge < -0.3 is 13.7 Å². The molecule has 0 radical (unpaired) electrons. The van der Waals surface area contributed by atoms with Gasteiger partial charge in [-0.3, -0.25) is 0 Å². The third-order valence-electron chi connectivity index (χ3n) is 3.58. The predicted octanol–water partition coefficient (Wildman–Crippen LogP) is 4.24. The Balaban J connectivity index is 1.55. The number of nitrogens with zero attached hydrogens (tertiary/aromatic N) is 4. The molecule has 0 aliphatic rings. The number of aromatic nitrogens is 4. The van der Waals surface area contributed by atoms with E-state index in [0.717, 1.165) is 16.9 Å². The fourth-order valence-corrected chi connectivity index (χ4v) is 2.72. The molecule has 138 valence electrons. The molecule has 3 aromatic rings. The molecule has 3 rings (SSSR count). The summed E-state index contributed by atoms with van der Waals surface area (Å²) in [6, 6.07) is 6.06. The van der Waals surface area contributed by atoms with Crippen LogP contribution in [0.5, 0.6) is 5.75 Å². The second kappa shape index (κ2) is 7.49. The van der Waals surface area contributed by atoms with Gasteiger partial charge in [-0.1, -0.05) is 49.8 Å². The summed E-state index contributed by atoms with van der Waals surface area (Å²) < 4.78 is 16.6. The molecule has 0 aliphatic carbocycles. The maximum atomic E-state index is 5.78. The summed E-state index contributed by atoms with van der Waals surface area (Å²) >= 11 is 1.36. The largest absolute Gasteiger partial charge is 0.484 e. The van der Waals surface area contributed by atoms with Crippen molar-refractivity contribution >= 4 is 11.8 Å². The molecule has 0 aliphatic heterocycles. The lowest BCUT2D eigenvalue weighted by Gasteiger charge is -2.10. The van der Waals surface area contributed by atoms with E-state index >= 15 is 0 Å². The normalized spacial score (nSPS) is 11.7. The lowest BCUT2D eigenvalue weighted by Crippen LogP contribution is -2.11. The molecule has 0 bridgehead atoms. The number of ether oxygens (including phenoxy) is 1. The second-order valence-electron chi connectivity index (χ2n) is 7.07. The fourth-order valence-electron chi connectivity index (χ4n) is 2.10. The fraction of sp³-hybridized carbons (Fsp3) is 0.444. The minimum absolute atomic E-state index is 0.168. The molecule has 0 unspecified atom stereocenters. The van der Waals surface area contributed by atoms with Crippen molar-refractivity contribution in [1.82, 2.24) is 20.3 Å². The average Bonchev–Trinajstić information content (AvgIpc) is 3.22. The van der Waals surface area contributed by atoms with Crippen LogP contribution in [0.4, 0.5) is 0 Å². The van der Waals surface area contributed by atoms with Crippen molar-refractivity contribution < 1.29 is 13.7 Å². The van der Waals surface area contributed by atoms with Crippen LogP contribution in [-0.2, 0) is 17.8 Å². The van der Waals surface area contributed by atoms with Crippen LogP contribution in [0.25, 0.3) is 0 Å². The van der Waals surface area contributed by atoms with Crippen LogP contribution < -0.4 is 4.74 Å². The SMILES string of the molecule is Cc1ccc(C)c(OCc2nnc(SCc3noc(C(C)(C)C)n3)o2)c1. The summed E-state index contributed by atoms with van der Waals surface area (Å²) in [5.41, 5.74) is 2.04. The highest BCUT2D eigenvalue weighted by molar-refractivity contribution is 7.98. The van der Waals surface area contributed by atoms with Gasteiger partial charge in [-0.05, 0) is 31.0 Å². The van der Waals surface area contributed by atoms with Crippen LogP contribution in [0.3, 0.4) is 0 Å². The molecule has 0 amide bonds. The van der Waals surface area contributed by atoms with E-state index in [0.29, 0.717) is 28.6 Å². The van der Waals surface area contributed by atoms with E-state index < -0.39 is 0 Å². The number of thioether (sulfide) groups is 1. The highest BCUT2D eigenvalue weighted by Gasteiger charge is 2.22. The van der Waals surface area contributed by atoms with Crippen LogP contribution in [0.15, 0.2) is 32.4 Å². The highest BCUT2D eigenvalue weighted by atomic mass is 32.2. The molecule has 1 aromatic carbocycles. The summed E-state index contributed by atoms with van der Waals surface area (Å²) in [6.45, 7) is 10.3. The highest BCUT2D eigenvalue weighted by Crippen LogP contribution is 2.24. The van der Waals surface area contributed by atoms with Gasteiger partial charge in [-0.2, -0.15) is 4.98 Å².